The van der Waals surface area contributed by atoms with Crippen molar-refractivity contribution in [2.24, 2.45) is 0 Å². The van der Waals surface area contributed by atoms with Crippen LogP contribution in [-0.2, 0) is 82.4 Å². The van der Waals surface area contributed by atoms with Gasteiger partial charge in [-0.2, -0.15) is 0 Å². The van der Waals surface area contributed by atoms with Gasteiger partial charge in [-0.25, -0.2) is 4.79 Å². The van der Waals surface area contributed by atoms with Crippen LogP contribution >= 0.6 is 0 Å². The number of fused-ring (bicyclic) bond motifs is 1. The molecule has 1 saturated heterocycles. The zero-order chi connectivity index (χ0) is 57.0. The summed E-state index contributed by atoms with van der Waals surface area (Å²) in [4.78, 5) is 55.3. The fraction of sp³-hybridized carbons (Fsp3) is 0.217. The predicted octanol–water partition coefficient (Wildman–Crippen LogP) is 12.9. The van der Waals surface area contributed by atoms with Crippen LogP contribution in [0.2, 0.25) is 0 Å². The van der Waals surface area contributed by atoms with Crippen LogP contribution in [-0.4, -0.2) is 48.6 Å². The SMILES string of the molecule is O=C(CCCCC(=O)Oc1c(-c2ccc(OC3OC(C(=O)OCc4ccccc4)C(OCc4ccccc4)C(OCc4ccccc4)C3OCc3ccccc3)c(OCc3ccccc3)c2)oc2ccccc2c1=O)OCc1ccccc1. The van der Waals surface area contributed by atoms with Gasteiger partial charge >= 0.3 is 17.9 Å². The summed E-state index contributed by atoms with van der Waals surface area (Å²) >= 11 is 0. The molecule has 2 heterocycles. The van der Waals surface area contributed by atoms with E-state index in [1.165, 1.54) is 0 Å². The molecule has 1 aliphatic heterocycles. The van der Waals surface area contributed by atoms with E-state index in [9.17, 15) is 19.2 Å². The van der Waals surface area contributed by atoms with Crippen molar-refractivity contribution in [2.45, 2.75) is 96.0 Å². The second kappa shape index (κ2) is 29.0. The predicted molar refractivity (Wildman–Crippen MR) is 310 cm³/mol. The standard InChI is InChI=1S/C69H62O14/c70-59(75-43-49-25-9-2-10-26-49)37-21-22-38-60(71)82-63-61(72)55-35-19-20-36-56(55)80-62(63)54-39-40-57(58(41-54)74-42-48-23-7-1-8-24-48)81-69-67(78-46-52-31-15-5-16-32-52)65(77-45-51-29-13-4-14-30-51)64(76-44-50-27-11-3-12-28-50)66(83-69)68(73)79-47-53-33-17-6-18-34-53/h1-20,23-36,39-41,64-67,69H,21-22,37-38,42-47H2. The fourth-order valence-corrected chi connectivity index (χ4v) is 9.40. The summed E-state index contributed by atoms with van der Waals surface area (Å²) in [5.74, 6) is -1.88. The molecule has 5 unspecified atom stereocenters. The number of esters is 3. The van der Waals surface area contributed by atoms with Gasteiger partial charge in [0.1, 0.15) is 43.7 Å². The van der Waals surface area contributed by atoms with Crippen LogP contribution in [0, 0.1) is 0 Å². The molecule has 1 aliphatic rings. The molecule has 14 heteroatoms. The summed E-state index contributed by atoms with van der Waals surface area (Å²) in [6.07, 6.45) is -5.38. The van der Waals surface area contributed by atoms with Crippen molar-refractivity contribution in [3.8, 4) is 28.6 Å². The highest BCUT2D eigenvalue weighted by Crippen LogP contribution is 2.40. The third kappa shape index (κ3) is 15.8. The average molecular weight is 1120 g/mol. The van der Waals surface area contributed by atoms with Gasteiger partial charge in [0, 0.05) is 18.4 Å². The average Bonchev–Trinajstić information content (AvgIpc) is 3.73. The van der Waals surface area contributed by atoms with E-state index in [0.717, 1.165) is 33.4 Å². The largest absolute Gasteiger partial charge is 0.485 e. The smallest absolute Gasteiger partial charge is 0.338 e. The van der Waals surface area contributed by atoms with E-state index >= 15 is 0 Å². The van der Waals surface area contributed by atoms with Gasteiger partial charge in [-0.15, -0.1) is 0 Å². The Balaban J connectivity index is 0.994. The van der Waals surface area contributed by atoms with Crippen LogP contribution in [0.1, 0.15) is 59.1 Å². The number of ether oxygens (including phenoxy) is 9. The minimum Gasteiger partial charge on any atom is -0.485 e. The molecule has 9 aromatic rings. The topological polar surface area (TPSA) is 164 Å². The molecule has 83 heavy (non-hydrogen) atoms. The third-order valence-corrected chi connectivity index (χ3v) is 13.7. The Bertz CT molecular complexity index is 3560. The Morgan fingerprint density at radius 1 is 0.434 bits per heavy atom. The highest BCUT2D eigenvalue weighted by Gasteiger charge is 2.53. The molecular weight excluding hydrogens is 1050 g/mol. The lowest BCUT2D eigenvalue weighted by Crippen LogP contribution is -2.63. The minimum absolute atomic E-state index is 0.0466. The quantitative estimate of drug-likeness (QED) is 0.0371. The number of carbonyl (C=O) groups excluding carboxylic acids is 3. The number of hydrogen-bond donors (Lipinski definition) is 0. The van der Waals surface area contributed by atoms with Crippen molar-refractivity contribution in [1.29, 1.82) is 0 Å². The van der Waals surface area contributed by atoms with Gasteiger partial charge in [0.2, 0.25) is 17.5 Å². The summed E-state index contributed by atoms with van der Waals surface area (Å²) < 4.78 is 64.8. The molecule has 1 aromatic heterocycles. The highest BCUT2D eigenvalue weighted by atomic mass is 16.7. The molecule has 5 atom stereocenters. The maximum absolute atomic E-state index is 14.7. The zero-order valence-corrected chi connectivity index (χ0v) is 45.5. The van der Waals surface area contributed by atoms with Crippen LogP contribution in [0.15, 0.2) is 234 Å². The lowest BCUT2D eigenvalue weighted by molar-refractivity contribution is -0.302. The number of unbranched alkanes of at least 4 members (excludes halogenated alkanes) is 1. The van der Waals surface area contributed by atoms with E-state index in [1.807, 2.05) is 182 Å². The Labute approximate surface area is 481 Å². The Hall–Kier alpha value is -9.18. The van der Waals surface area contributed by atoms with Crippen LogP contribution in [0.4, 0.5) is 0 Å². The molecule has 0 bridgehead atoms. The first-order valence-electron chi connectivity index (χ1n) is 27.6. The van der Waals surface area contributed by atoms with Crippen molar-refractivity contribution in [2.75, 3.05) is 0 Å². The first kappa shape index (κ1) is 57.1. The molecule has 0 spiro atoms. The van der Waals surface area contributed by atoms with Crippen molar-refractivity contribution in [3.05, 3.63) is 268 Å². The number of benzene rings is 8. The first-order valence-corrected chi connectivity index (χ1v) is 27.6. The second-order valence-electron chi connectivity index (χ2n) is 19.8. The van der Waals surface area contributed by atoms with Crippen molar-refractivity contribution in [1.82, 2.24) is 0 Å². The van der Waals surface area contributed by atoms with Crippen LogP contribution in [0.5, 0.6) is 17.2 Å². The monoisotopic (exact) mass is 1110 g/mol. The Morgan fingerprint density at radius 2 is 0.892 bits per heavy atom. The van der Waals surface area contributed by atoms with Crippen molar-refractivity contribution < 1.29 is 61.4 Å². The van der Waals surface area contributed by atoms with E-state index in [2.05, 4.69) is 0 Å². The van der Waals surface area contributed by atoms with E-state index in [0.29, 0.717) is 18.4 Å². The summed E-state index contributed by atoms with van der Waals surface area (Å²) in [7, 11) is 0. The van der Waals surface area contributed by atoms with Crippen LogP contribution < -0.4 is 19.6 Å². The van der Waals surface area contributed by atoms with Gasteiger partial charge in [-0.05, 0) is 76.6 Å². The molecule has 10 rings (SSSR count). The lowest BCUT2D eigenvalue weighted by Gasteiger charge is -2.45. The van der Waals surface area contributed by atoms with E-state index in [4.69, 9.17) is 47.0 Å². The fourth-order valence-electron chi connectivity index (χ4n) is 9.40. The number of hydrogen-bond acceptors (Lipinski definition) is 14. The molecule has 422 valence electrons. The van der Waals surface area contributed by atoms with E-state index in [-0.39, 0.29) is 86.5 Å². The van der Waals surface area contributed by atoms with Gasteiger partial charge < -0.3 is 47.0 Å². The number of carbonyl (C=O) groups is 3. The molecular formula is C69H62O14. The summed E-state index contributed by atoms with van der Waals surface area (Å²) in [5, 5.41) is 0.198. The van der Waals surface area contributed by atoms with Gasteiger partial charge in [0.15, 0.2) is 23.4 Å². The van der Waals surface area contributed by atoms with Gasteiger partial charge in [-0.3, -0.25) is 14.4 Å². The molecule has 0 amide bonds. The molecule has 0 aliphatic carbocycles. The van der Waals surface area contributed by atoms with Gasteiger partial charge in [-0.1, -0.05) is 194 Å². The summed E-state index contributed by atoms with van der Waals surface area (Å²) in [6, 6.07) is 68.5. The molecule has 1 fully saturated rings. The summed E-state index contributed by atoms with van der Waals surface area (Å²) in [6.45, 7) is 0.452. The molecule has 0 saturated carbocycles. The number of para-hydroxylation sites is 1. The lowest BCUT2D eigenvalue weighted by atomic mass is 9.97. The van der Waals surface area contributed by atoms with E-state index in [1.54, 1.807) is 42.5 Å². The maximum Gasteiger partial charge on any atom is 0.338 e. The maximum atomic E-state index is 14.7. The Morgan fingerprint density at radius 3 is 1.45 bits per heavy atom. The third-order valence-electron chi connectivity index (χ3n) is 13.7. The Kier molecular flexibility index (Phi) is 19.9. The van der Waals surface area contributed by atoms with Crippen LogP contribution in [0.3, 0.4) is 0 Å². The highest BCUT2D eigenvalue weighted by molar-refractivity contribution is 5.85. The van der Waals surface area contributed by atoms with Crippen LogP contribution in [0.25, 0.3) is 22.3 Å². The molecule has 8 aromatic carbocycles. The zero-order valence-electron chi connectivity index (χ0n) is 45.5. The number of rotatable bonds is 26. The second-order valence-corrected chi connectivity index (χ2v) is 19.8. The van der Waals surface area contributed by atoms with Crippen molar-refractivity contribution >= 4 is 28.9 Å². The molecule has 0 N–H and O–H groups in total. The normalized spacial score (nSPS) is 16.6. The van der Waals surface area contributed by atoms with E-state index < -0.39 is 54.0 Å². The molecule has 14 nitrogen and oxygen atoms in total. The first-order chi connectivity index (χ1) is 40.8. The molecule has 0 radical (unpaired) electrons. The minimum atomic E-state index is -1.42. The van der Waals surface area contributed by atoms with Gasteiger partial charge in [0.25, 0.3) is 0 Å². The van der Waals surface area contributed by atoms with Gasteiger partial charge in [0.05, 0.1) is 25.2 Å². The van der Waals surface area contributed by atoms with Crippen molar-refractivity contribution in [3.63, 3.8) is 0 Å². The summed E-state index contributed by atoms with van der Waals surface area (Å²) in [5.41, 5.74) is 4.99.